The molecule has 1 aromatic carbocycles. The molecular weight excluding hydrogens is 274 g/mol. The molecule has 0 unspecified atom stereocenters. The van der Waals surface area contributed by atoms with Crippen molar-refractivity contribution in [1.29, 1.82) is 0 Å². The SMILES string of the molecule is CCNC(=O)CN(C)C(=O)[C@@H](N)Cc1ccc(O)c(O)c1. The minimum atomic E-state index is -0.826. The molecule has 0 aliphatic rings. The van der Waals surface area contributed by atoms with Gasteiger partial charge in [-0.3, -0.25) is 9.59 Å². The standard InChI is InChI=1S/C14H21N3O4/c1-3-16-13(20)8-17(2)14(21)10(15)6-9-4-5-11(18)12(19)7-9/h4-5,7,10,18-19H,3,6,8,15H2,1-2H3,(H,16,20)/t10-/m0/s1. The monoisotopic (exact) mass is 295 g/mol. The lowest BCUT2D eigenvalue weighted by molar-refractivity contribution is -0.135. The van der Waals surface area contributed by atoms with Gasteiger partial charge in [0.05, 0.1) is 12.6 Å². The number of aromatic hydroxyl groups is 2. The van der Waals surface area contributed by atoms with Gasteiger partial charge in [-0.2, -0.15) is 0 Å². The van der Waals surface area contributed by atoms with Crippen LogP contribution < -0.4 is 11.1 Å². The highest BCUT2D eigenvalue weighted by Crippen LogP contribution is 2.25. The van der Waals surface area contributed by atoms with Crippen molar-refractivity contribution in [1.82, 2.24) is 10.2 Å². The molecule has 0 saturated carbocycles. The average Bonchev–Trinajstić information content (AvgIpc) is 2.42. The van der Waals surface area contributed by atoms with Crippen molar-refractivity contribution in [2.75, 3.05) is 20.1 Å². The number of phenolic OH excluding ortho intramolecular Hbond substituents is 2. The molecule has 0 bridgehead atoms. The van der Waals surface area contributed by atoms with Crippen LogP contribution in [-0.2, 0) is 16.0 Å². The lowest BCUT2D eigenvalue weighted by Gasteiger charge is -2.21. The highest BCUT2D eigenvalue weighted by atomic mass is 16.3. The van der Waals surface area contributed by atoms with Gasteiger partial charge in [0.1, 0.15) is 0 Å². The van der Waals surface area contributed by atoms with Crippen molar-refractivity contribution >= 4 is 11.8 Å². The van der Waals surface area contributed by atoms with Crippen LogP contribution in [0, 0.1) is 0 Å². The number of carbonyl (C=O) groups excluding carboxylic acids is 2. The highest BCUT2D eigenvalue weighted by Gasteiger charge is 2.20. The first kappa shape index (κ1) is 16.8. The van der Waals surface area contributed by atoms with E-state index >= 15 is 0 Å². The Bertz CT molecular complexity index is 519. The summed E-state index contributed by atoms with van der Waals surface area (Å²) in [6.07, 6.45) is 0.201. The van der Waals surface area contributed by atoms with Crippen molar-refractivity contribution < 1.29 is 19.8 Å². The van der Waals surface area contributed by atoms with Crippen LogP contribution in [0.1, 0.15) is 12.5 Å². The molecule has 0 fully saturated rings. The first-order valence-electron chi connectivity index (χ1n) is 6.63. The van der Waals surface area contributed by atoms with Crippen LogP contribution in [0.5, 0.6) is 11.5 Å². The van der Waals surface area contributed by atoms with Crippen LogP contribution in [0.15, 0.2) is 18.2 Å². The fraction of sp³-hybridized carbons (Fsp3) is 0.429. The molecule has 1 atom stereocenters. The molecular formula is C14H21N3O4. The summed E-state index contributed by atoms with van der Waals surface area (Å²) in [5, 5.41) is 21.2. The number of nitrogens with one attached hydrogen (secondary N) is 1. The molecule has 0 aliphatic carbocycles. The number of nitrogens with two attached hydrogens (primary N) is 1. The average molecular weight is 295 g/mol. The first-order valence-corrected chi connectivity index (χ1v) is 6.63. The zero-order valence-electron chi connectivity index (χ0n) is 12.2. The zero-order valence-corrected chi connectivity index (χ0v) is 12.2. The number of amides is 2. The van der Waals surface area contributed by atoms with Crippen molar-refractivity contribution in [3.63, 3.8) is 0 Å². The lowest BCUT2D eigenvalue weighted by Crippen LogP contribution is -2.46. The quantitative estimate of drug-likeness (QED) is 0.531. The summed E-state index contributed by atoms with van der Waals surface area (Å²) in [6, 6.07) is 3.44. The molecule has 7 heteroatoms. The van der Waals surface area contributed by atoms with E-state index in [2.05, 4.69) is 5.32 Å². The normalized spacial score (nSPS) is 11.8. The number of rotatable bonds is 6. The van der Waals surface area contributed by atoms with E-state index in [0.29, 0.717) is 12.1 Å². The number of hydrogen-bond donors (Lipinski definition) is 4. The minimum absolute atomic E-state index is 0.0544. The van der Waals surface area contributed by atoms with Crippen LogP contribution in [0.25, 0.3) is 0 Å². The number of phenols is 2. The minimum Gasteiger partial charge on any atom is -0.504 e. The molecule has 0 aromatic heterocycles. The molecule has 21 heavy (non-hydrogen) atoms. The van der Waals surface area contributed by atoms with Gasteiger partial charge < -0.3 is 26.2 Å². The van der Waals surface area contributed by atoms with E-state index in [1.807, 2.05) is 0 Å². The van der Waals surface area contributed by atoms with Gasteiger partial charge >= 0.3 is 0 Å². The van der Waals surface area contributed by atoms with Crippen molar-refractivity contribution in [2.24, 2.45) is 5.73 Å². The molecule has 2 amide bonds. The predicted octanol–water partition coefficient (Wildman–Crippen LogP) is -0.438. The molecule has 0 radical (unpaired) electrons. The molecule has 0 saturated heterocycles. The Hall–Kier alpha value is -2.28. The topological polar surface area (TPSA) is 116 Å². The van der Waals surface area contributed by atoms with Gasteiger partial charge in [0, 0.05) is 13.6 Å². The van der Waals surface area contributed by atoms with E-state index in [-0.39, 0.29) is 36.3 Å². The van der Waals surface area contributed by atoms with Gasteiger partial charge in [-0.15, -0.1) is 0 Å². The smallest absolute Gasteiger partial charge is 0.240 e. The Kier molecular flexibility index (Phi) is 5.98. The molecule has 1 rings (SSSR count). The van der Waals surface area contributed by atoms with Gasteiger partial charge in [0.2, 0.25) is 11.8 Å². The van der Waals surface area contributed by atoms with Gasteiger partial charge in [-0.1, -0.05) is 6.07 Å². The summed E-state index contributed by atoms with van der Waals surface area (Å²) in [5.41, 5.74) is 6.44. The summed E-state index contributed by atoms with van der Waals surface area (Å²) in [5.74, 6) is -1.11. The van der Waals surface area contributed by atoms with E-state index in [1.54, 1.807) is 13.0 Å². The van der Waals surface area contributed by atoms with Crippen molar-refractivity contribution in [3.05, 3.63) is 23.8 Å². The molecule has 5 N–H and O–H groups in total. The number of nitrogens with zero attached hydrogens (tertiary/aromatic N) is 1. The van der Waals surface area contributed by atoms with Crippen molar-refractivity contribution in [2.45, 2.75) is 19.4 Å². The fourth-order valence-corrected chi connectivity index (χ4v) is 1.87. The molecule has 0 spiro atoms. The maximum absolute atomic E-state index is 12.0. The van der Waals surface area contributed by atoms with Crippen LogP contribution in [0.2, 0.25) is 0 Å². The van der Waals surface area contributed by atoms with Crippen LogP contribution in [-0.4, -0.2) is 53.1 Å². The van der Waals surface area contributed by atoms with E-state index in [4.69, 9.17) is 5.73 Å². The Labute approximate surface area is 123 Å². The highest BCUT2D eigenvalue weighted by molar-refractivity contribution is 5.87. The third-order valence-electron chi connectivity index (χ3n) is 2.94. The predicted molar refractivity (Wildman–Crippen MR) is 77.8 cm³/mol. The van der Waals surface area contributed by atoms with Crippen LogP contribution in [0.3, 0.4) is 0 Å². The Morgan fingerprint density at radius 1 is 1.33 bits per heavy atom. The third kappa shape index (κ3) is 4.96. The van der Waals surface area contributed by atoms with Crippen LogP contribution in [0.4, 0.5) is 0 Å². The van der Waals surface area contributed by atoms with Gasteiger partial charge in [0.25, 0.3) is 0 Å². The zero-order chi connectivity index (χ0) is 16.0. The van der Waals surface area contributed by atoms with Crippen molar-refractivity contribution in [3.8, 4) is 11.5 Å². The maximum Gasteiger partial charge on any atom is 0.240 e. The summed E-state index contributed by atoms with van der Waals surface area (Å²) in [6.45, 7) is 2.24. The fourth-order valence-electron chi connectivity index (χ4n) is 1.87. The molecule has 0 heterocycles. The summed E-state index contributed by atoms with van der Waals surface area (Å²) >= 11 is 0. The van der Waals surface area contributed by atoms with Gasteiger partial charge in [-0.25, -0.2) is 0 Å². The molecule has 0 aliphatic heterocycles. The summed E-state index contributed by atoms with van der Waals surface area (Å²) in [4.78, 5) is 24.7. The number of benzene rings is 1. The molecule has 7 nitrogen and oxygen atoms in total. The second-order valence-corrected chi connectivity index (χ2v) is 4.78. The first-order chi connectivity index (χ1) is 9.85. The number of carbonyl (C=O) groups is 2. The largest absolute Gasteiger partial charge is 0.504 e. The Morgan fingerprint density at radius 3 is 2.57 bits per heavy atom. The Balaban J connectivity index is 2.61. The number of hydrogen-bond acceptors (Lipinski definition) is 5. The lowest BCUT2D eigenvalue weighted by atomic mass is 10.0. The van der Waals surface area contributed by atoms with Gasteiger partial charge in [0.15, 0.2) is 11.5 Å². The van der Waals surface area contributed by atoms with Crippen LogP contribution >= 0.6 is 0 Å². The third-order valence-corrected chi connectivity index (χ3v) is 2.94. The molecule has 116 valence electrons. The second kappa shape index (κ2) is 7.49. The number of likely N-dealkylation sites (N-methyl/N-ethyl adjacent to an activating group) is 2. The molecule has 1 aromatic rings. The van der Waals surface area contributed by atoms with E-state index in [9.17, 15) is 19.8 Å². The van der Waals surface area contributed by atoms with Gasteiger partial charge in [-0.05, 0) is 31.0 Å². The van der Waals surface area contributed by atoms with E-state index < -0.39 is 6.04 Å². The van der Waals surface area contributed by atoms with E-state index in [1.165, 1.54) is 24.1 Å². The van der Waals surface area contributed by atoms with E-state index in [0.717, 1.165) is 0 Å². The Morgan fingerprint density at radius 2 is 2.00 bits per heavy atom. The maximum atomic E-state index is 12.0. The summed E-state index contributed by atoms with van der Waals surface area (Å²) < 4.78 is 0. The second-order valence-electron chi connectivity index (χ2n) is 4.78. The summed E-state index contributed by atoms with van der Waals surface area (Å²) in [7, 11) is 1.51.